The maximum absolute atomic E-state index is 15.1. The van der Waals surface area contributed by atoms with Gasteiger partial charge in [0, 0.05) is 35.8 Å². The lowest BCUT2D eigenvalue weighted by Gasteiger charge is -2.33. The molecule has 0 radical (unpaired) electrons. The van der Waals surface area contributed by atoms with Gasteiger partial charge < -0.3 is 4.90 Å². The first-order valence-electron chi connectivity index (χ1n) is 12.2. The third kappa shape index (κ3) is 6.70. The number of hydrogen-bond donors (Lipinski definition) is 2. The van der Waals surface area contributed by atoms with E-state index in [9.17, 15) is 31.6 Å². The molecule has 0 spiro atoms. The average molecular weight is 598 g/mol. The number of hydrazine groups is 1. The maximum Gasteiger partial charge on any atom is 0.324 e. The summed E-state index contributed by atoms with van der Waals surface area (Å²) >= 11 is 1.47. The van der Waals surface area contributed by atoms with Crippen molar-refractivity contribution in [3.63, 3.8) is 0 Å². The Bertz CT molecular complexity index is 1550. The molecule has 4 rings (SSSR count). The fourth-order valence-corrected chi connectivity index (χ4v) is 6.13. The first-order chi connectivity index (χ1) is 18.8. The number of carbonyl (C=O) groups excluding carboxylic acids is 3. The number of alkyl halides is 2. The molecule has 0 unspecified atom stereocenters. The van der Waals surface area contributed by atoms with E-state index in [1.165, 1.54) is 38.7 Å². The van der Waals surface area contributed by atoms with Crippen LogP contribution in [0, 0.1) is 5.82 Å². The number of halogens is 3. The number of anilines is 1. The van der Waals surface area contributed by atoms with E-state index in [1.54, 1.807) is 23.6 Å². The first kappa shape index (κ1) is 29.3. The van der Waals surface area contributed by atoms with E-state index in [0.29, 0.717) is 5.69 Å². The van der Waals surface area contributed by atoms with Gasteiger partial charge in [-0.05, 0) is 30.3 Å². The molecule has 10 nitrogen and oxygen atoms in total. The van der Waals surface area contributed by atoms with E-state index < -0.39 is 39.9 Å². The van der Waals surface area contributed by atoms with Crippen LogP contribution in [0.25, 0.3) is 10.2 Å². The van der Waals surface area contributed by atoms with Gasteiger partial charge in [-0.1, -0.05) is 19.9 Å². The van der Waals surface area contributed by atoms with Crippen LogP contribution in [-0.4, -0.2) is 67.2 Å². The summed E-state index contributed by atoms with van der Waals surface area (Å²) in [5.41, 5.74) is 4.29. The molecule has 214 valence electrons. The lowest BCUT2D eigenvalue weighted by Crippen LogP contribution is -2.49. The van der Waals surface area contributed by atoms with E-state index in [1.807, 2.05) is 13.8 Å². The normalized spacial score (nSPS) is 14.9. The van der Waals surface area contributed by atoms with Crippen LogP contribution >= 0.6 is 11.3 Å². The van der Waals surface area contributed by atoms with Gasteiger partial charge in [0.25, 0.3) is 5.91 Å². The smallest absolute Gasteiger partial charge is 0.322 e. The molecule has 0 aliphatic carbocycles. The molecule has 40 heavy (non-hydrogen) atoms. The summed E-state index contributed by atoms with van der Waals surface area (Å²) in [4.78, 5) is 44.1. The first-order valence-corrected chi connectivity index (χ1v) is 14.8. The van der Waals surface area contributed by atoms with Crippen LogP contribution in [0.1, 0.15) is 40.7 Å². The Hall–Kier alpha value is -3.72. The van der Waals surface area contributed by atoms with Crippen LogP contribution in [0.5, 0.6) is 0 Å². The van der Waals surface area contributed by atoms with Gasteiger partial charge in [0.05, 0.1) is 33.3 Å². The van der Waals surface area contributed by atoms with E-state index in [0.717, 1.165) is 21.3 Å². The minimum Gasteiger partial charge on any atom is -0.322 e. The van der Waals surface area contributed by atoms with Gasteiger partial charge in [-0.15, -0.1) is 11.3 Å². The summed E-state index contributed by atoms with van der Waals surface area (Å²) in [6.07, 6.45) is -3.34. The van der Waals surface area contributed by atoms with Crippen molar-refractivity contribution in [2.75, 3.05) is 29.5 Å². The number of nitrogens with zero attached hydrogens (tertiary/aromatic N) is 3. The van der Waals surface area contributed by atoms with Gasteiger partial charge in [0.1, 0.15) is 5.82 Å². The lowest BCUT2D eigenvalue weighted by atomic mass is 10.1. The molecule has 0 bridgehead atoms. The highest BCUT2D eigenvalue weighted by molar-refractivity contribution is 7.91. The van der Waals surface area contributed by atoms with Crippen molar-refractivity contribution in [2.45, 2.75) is 32.7 Å². The molecular formula is C25H26F3N5O5S2. The fraction of sp³-hybridized carbons (Fsp3) is 0.360. The second-order valence-corrected chi connectivity index (χ2v) is 12.8. The van der Waals surface area contributed by atoms with Crippen LogP contribution in [0.4, 0.5) is 23.7 Å². The number of fused-ring (bicyclic) bond motifs is 1. The zero-order valence-electron chi connectivity index (χ0n) is 21.5. The summed E-state index contributed by atoms with van der Waals surface area (Å²) in [6.45, 7) is 3.75. The SMILES string of the molecule is CC(C)c1nc2ccc(N(Cc3ccc(C(=O)NNC(=O)C(F)F)cc3F)C(=O)N3CCS(=O)(=O)CC3)cc2s1. The quantitative estimate of drug-likeness (QED) is 0.419. The maximum atomic E-state index is 15.1. The largest absolute Gasteiger partial charge is 0.324 e. The van der Waals surface area contributed by atoms with Gasteiger partial charge in [0.2, 0.25) is 0 Å². The van der Waals surface area contributed by atoms with Crippen molar-refractivity contribution < 1.29 is 36.0 Å². The predicted molar refractivity (Wildman–Crippen MR) is 144 cm³/mol. The Morgan fingerprint density at radius 2 is 1.77 bits per heavy atom. The van der Waals surface area contributed by atoms with Crippen LogP contribution in [-0.2, 0) is 21.2 Å². The highest BCUT2D eigenvalue weighted by Gasteiger charge is 2.30. The van der Waals surface area contributed by atoms with E-state index in [4.69, 9.17) is 0 Å². The van der Waals surface area contributed by atoms with Gasteiger partial charge in [-0.25, -0.2) is 22.6 Å². The molecule has 4 amide bonds. The molecule has 2 heterocycles. The third-order valence-electron chi connectivity index (χ3n) is 6.18. The topological polar surface area (TPSA) is 129 Å². The second-order valence-electron chi connectivity index (χ2n) is 9.42. The zero-order valence-corrected chi connectivity index (χ0v) is 23.1. The fourth-order valence-electron chi connectivity index (χ4n) is 3.92. The second kappa shape index (κ2) is 11.8. The number of benzene rings is 2. The number of nitrogens with one attached hydrogen (secondary N) is 2. The molecule has 1 fully saturated rings. The number of aromatic nitrogens is 1. The Balaban J connectivity index is 1.62. The highest BCUT2D eigenvalue weighted by Crippen LogP contribution is 2.32. The molecule has 0 atom stereocenters. The number of urea groups is 1. The molecule has 1 saturated heterocycles. The van der Waals surface area contributed by atoms with Crippen molar-refractivity contribution >= 4 is 54.9 Å². The average Bonchev–Trinajstić information content (AvgIpc) is 3.34. The Kier molecular flexibility index (Phi) is 8.63. The molecule has 1 aromatic heterocycles. The minimum absolute atomic E-state index is 0.0100. The number of hydrogen-bond acceptors (Lipinski definition) is 7. The molecule has 15 heteroatoms. The van der Waals surface area contributed by atoms with Crippen molar-refractivity contribution in [1.82, 2.24) is 20.7 Å². The lowest BCUT2D eigenvalue weighted by molar-refractivity contribution is -0.132. The van der Waals surface area contributed by atoms with Crippen molar-refractivity contribution in [1.29, 1.82) is 0 Å². The Morgan fingerprint density at radius 1 is 1.07 bits per heavy atom. The minimum atomic E-state index is -3.34. The molecule has 1 aliphatic rings. The van der Waals surface area contributed by atoms with Gasteiger partial charge in [-0.3, -0.25) is 25.3 Å². The van der Waals surface area contributed by atoms with E-state index >= 15 is 4.39 Å². The Labute approximate surface area is 232 Å². The van der Waals surface area contributed by atoms with Crippen LogP contribution < -0.4 is 15.8 Å². The van der Waals surface area contributed by atoms with Crippen LogP contribution in [0.2, 0.25) is 0 Å². The summed E-state index contributed by atoms with van der Waals surface area (Å²) in [6, 6.07) is 8.03. The van der Waals surface area contributed by atoms with Gasteiger partial charge in [0.15, 0.2) is 9.84 Å². The van der Waals surface area contributed by atoms with Crippen LogP contribution in [0.15, 0.2) is 36.4 Å². The van der Waals surface area contributed by atoms with E-state index in [2.05, 4.69) is 4.98 Å². The van der Waals surface area contributed by atoms with Crippen LogP contribution in [0.3, 0.4) is 0 Å². The number of rotatable bonds is 6. The zero-order chi connectivity index (χ0) is 29.2. The third-order valence-corrected chi connectivity index (χ3v) is 9.11. The summed E-state index contributed by atoms with van der Waals surface area (Å²) in [5, 5.41) is 0.913. The standard InChI is InChI=1S/C25H26F3N5O5S2/c1-14(2)24-29-19-6-5-17(12-20(19)39-24)33(25(36)32-7-9-40(37,38)10-8-32)13-16-4-3-15(11-18(16)26)22(34)30-31-23(35)21(27)28/h3-6,11-12,14,21H,7-10,13H2,1-2H3,(H,30,34)(H,31,35). The molecular weight excluding hydrogens is 571 g/mol. The Morgan fingerprint density at radius 3 is 2.40 bits per heavy atom. The van der Waals surface area contributed by atoms with Crippen molar-refractivity contribution in [3.8, 4) is 0 Å². The molecule has 2 N–H and O–H groups in total. The molecule has 3 aromatic rings. The predicted octanol–water partition coefficient (Wildman–Crippen LogP) is 3.44. The van der Waals surface area contributed by atoms with Crippen molar-refractivity contribution in [2.24, 2.45) is 0 Å². The summed E-state index contributed by atoms with van der Waals surface area (Å²) in [7, 11) is -3.25. The van der Waals surface area contributed by atoms with E-state index in [-0.39, 0.29) is 48.2 Å². The van der Waals surface area contributed by atoms with Gasteiger partial charge in [-0.2, -0.15) is 8.78 Å². The summed E-state index contributed by atoms with van der Waals surface area (Å²) in [5.74, 6) is -3.76. The molecule has 0 saturated carbocycles. The monoisotopic (exact) mass is 597 g/mol. The number of sulfone groups is 1. The van der Waals surface area contributed by atoms with Crippen molar-refractivity contribution in [3.05, 3.63) is 58.3 Å². The molecule has 1 aliphatic heterocycles. The number of amides is 4. The number of thiazole rings is 1. The summed E-state index contributed by atoms with van der Waals surface area (Å²) < 4.78 is 64.4. The molecule has 2 aromatic carbocycles. The number of carbonyl (C=O) groups is 3. The highest BCUT2D eigenvalue weighted by atomic mass is 32.2. The van der Waals surface area contributed by atoms with Gasteiger partial charge >= 0.3 is 18.4 Å².